The topological polar surface area (TPSA) is 4.10 Å². The van der Waals surface area contributed by atoms with Gasteiger partial charge in [-0.2, -0.15) is 4.40 Å². The molecule has 0 amide bonds. The van der Waals surface area contributed by atoms with E-state index < -0.39 is 0 Å². The van der Waals surface area contributed by atoms with Crippen molar-refractivity contribution >= 4 is 27.1 Å². The van der Waals surface area contributed by atoms with E-state index in [9.17, 15) is 0 Å². The summed E-state index contributed by atoms with van der Waals surface area (Å²) < 4.78 is 2.24. The molecule has 0 saturated carbocycles. The van der Waals surface area contributed by atoms with Gasteiger partial charge in [0, 0.05) is 11.6 Å². The summed E-state index contributed by atoms with van der Waals surface area (Å²) in [6.07, 6.45) is 4.36. The van der Waals surface area contributed by atoms with Gasteiger partial charge in [-0.1, -0.05) is 36.4 Å². The average molecular weight is 244 g/mol. The highest BCUT2D eigenvalue weighted by molar-refractivity contribution is 6.07. The van der Waals surface area contributed by atoms with Crippen molar-refractivity contribution in [1.29, 1.82) is 0 Å². The van der Waals surface area contributed by atoms with E-state index in [0.29, 0.717) is 0 Å². The fraction of sp³-hybridized carbons (Fsp3) is 0.0556. The molecule has 90 valence electrons. The standard InChI is InChI=1S/C18H14N/c1-13-12-19-11-10-14-6-2-3-8-16(14)18(19)17-9-5-4-7-15(13)17/h2-12H,1H3/q+1. The molecule has 0 unspecified atom stereocenters. The molecule has 0 radical (unpaired) electrons. The summed E-state index contributed by atoms with van der Waals surface area (Å²) in [5, 5.41) is 5.25. The molecule has 19 heavy (non-hydrogen) atoms. The van der Waals surface area contributed by atoms with Crippen molar-refractivity contribution in [2.45, 2.75) is 6.92 Å². The normalized spacial score (nSPS) is 11.4. The molecule has 0 saturated heterocycles. The van der Waals surface area contributed by atoms with E-state index in [0.717, 1.165) is 0 Å². The van der Waals surface area contributed by atoms with Gasteiger partial charge in [0.25, 0.3) is 0 Å². The molecule has 4 aromatic rings. The van der Waals surface area contributed by atoms with Crippen LogP contribution in [0.3, 0.4) is 0 Å². The van der Waals surface area contributed by atoms with Crippen LogP contribution in [-0.4, -0.2) is 0 Å². The summed E-state index contributed by atoms with van der Waals surface area (Å²) in [5.74, 6) is 0. The smallest absolute Gasteiger partial charge is 0.166 e. The number of hydrogen-bond donors (Lipinski definition) is 0. The van der Waals surface area contributed by atoms with Crippen molar-refractivity contribution in [2.24, 2.45) is 0 Å². The third-order valence-corrected chi connectivity index (χ3v) is 3.83. The maximum absolute atomic E-state index is 2.24. The van der Waals surface area contributed by atoms with Gasteiger partial charge in [-0.15, -0.1) is 0 Å². The minimum atomic E-state index is 1.29. The quantitative estimate of drug-likeness (QED) is 0.325. The van der Waals surface area contributed by atoms with E-state index in [-0.39, 0.29) is 0 Å². The molecule has 0 aliphatic heterocycles. The average Bonchev–Trinajstić information content (AvgIpc) is 2.47. The molecule has 2 aromatic carbocycles. The molecule has 2 aromatic heterocycles. The van der Waals surface area contributed by atoms with E-state index in [1.807, 2.05) is 0 Å². The summed E-state index contributed by atoms with van der Waals surface area (Å²) in [6, 6.07) is 19.4. The first-order valence-corrected chi connectivity index (χ1v) is 6.56. The van der Waals surface area contributed by atoms with Crippen LogP contribution >= 0.6 is 0 Å². The maximum Gasteiger partial charge on any atom is 0.226 e. The summed E-state index contributed by atoms with van der Waals surface area (Å²) in [7, 11) is 0. The summed E-state index contributed by atoms with van der Waals surface area (Å²) in [4.78, 5) is 0. The molecule has 0 aliphatic rings. The number of benzene rings is 2. The Morgan fingerprint density at radius 3 is 2.26 bits per heavy atom. The summed E-state index contributed by atoms with van der Waals surface area (Å²) in [5.41, 5.74) is 2.60. The monoisotopic (exact) mass is 244 g/mol. The lowest BCUT2D eigenvalue weighted by Gasteiger charge is -2.04. The summed E-state index contributed by atoms with van der Waals surface area (Å²) >= 11 is 0. The second-order valence-electron chi connectivity index (χ2n) is 5.02. The maximum atomic E-state index is 2.24. The molecule has 0 bridgehead atoms. The number of aromatic nitrogens is 1. The Kier molecular flexibility index (Phi) is 2.10. The Hall–Kier alpha value is -2.41. The van der Waals surface area contributed by atoms with E-state index in [1.165, 1.54) is 32.6 Å². The number of aryl methyl sites for hydroxylation is 1. The van der Waals surface area contributed by atoms with Gasteiger partial charge in [0.05, 0.1) is 10.8 Å². The molecule has 0 fully saturated rings. The molecular formula is C18H14N+. The molecule has 0 spiro atoms. The van der Waals surface area contributed by atoms with Crippen LogP contribution in [0.15, 0.2) is 67.0 Å². The Bertz CT molecular complexity index is 922. The largest absolute Gasteiger partial charge is 0.226 e. The number of hydrogen-bond acceptors (Lipinski definition) is 0. The number of pyridine rings is 2. The van der Waals surface area contributed by atoms with Crippen LogP contribution < -0.4 is 4.40 Å². The van der Waals surface area contributed by atoms with E-state index in [1.54, 1.807) is 0 Å². The predicted molar refractivity (Wildman–Crippen MR) is 79.4 cm³/mol. The van der Waals surface area contributed by atoms with Crippen LogP contribution in [0.2, 0.25) is 0 Å². The summed E-state index contributed by atoms with van der Waals surface area (Å²) in [6.45, 7) is 2.17. The van der Waals surface area contributed by atoms with Crippen LogP contribution in [-0.2, 0) is 0 Å². The fourth-order valence-electron chi connectivity index (χ4n) is 2.94. The van der Waals surface area contributed by atoms with Crippen LogP contribution in [0.5, 0.6) is 0 Å². The van der Waals surface area contributed by atoms with Gasteiger partial charge in [0.1, 0.15) is 0 Å². The lowest BCUT2D eigenvalue weighted by Crippen LogP contribution is -2.21. The SMILES string of the molecule is Cc1c[n+]2ccc3ccccc3c2c2ccccc12. The molecule has 4 rings (SSSR count). The third-order valence-electron chi connectivity index (χ3n) is 3.83. The van der Waals surface area contributed by atoms with Gasteiger partial charge in [-0.25, -0.2) is 0 Å². The second-order valence-corrected chi connectivity index (χ2v) is 5.02. The minimum absolute atomic E-state index is 1.29. The first-order valence-electron chi connectivity index (χ1n) is 6.56. The van der Waals surface area contributed by atoms with Crippen molar-refractivity contribution < 1.29 is 4.40 Å². The third kappa shape index (κ3) is 1.45. The molecule has 0 aliphatic carbocycles. The van der Waals surface area contributed by atoms with E-state index in [2.05, 4.69) is 78.3 Å². The molecular weight excluding hydrogens is 230 g/mol. The lowest BCUT2D eigenvalue weighted by molar-refractivity contribution is -0.509. The van der Waals surface area contributed by atoms with Crippen molar-refractivity contribution in [3.05, 3.63) is 72.6 Å². The molecule has 0 N–H and O–H groups in total. The van der Waals surface area contributed by atoms with Crippen LogP contribution in [0.1, 0.15) is 5.56 Å². The van der Waals surface area contributed by atoms with Crippen LogP contribution in [0.25, 0.3) is 27.1 Å². The predicted octanol–water partition coefficient (Wildman–Crippen LogP) is 4.04. The Morgan fingerprint density at radius 2 is 1.42 bits per heavy atom. The Balaban J connectivity index is 2.39. The van der Waals surface area contributed by atoms with Gasteiger partial charge in [0.2, 0.25) is 5.52 Å². The Labute approximate surface area is 111 Å². The van der Waals surface area contributed by atoms with Crippen molar-refractivity contribution in [2.75, 3.05) is 0 Å². The minimum Gasteiger partial charge on any atom is -0.166 e. The molecule has 2 heterocycles. The Morgan fingerprint density at radius 1 is 0.737 bits per heavy atom. The number of rotatable bonds is 0. The molecule has 1 nitrogen and oxygen atoms in total. The first-order chi connectivity index (χ1) is 9.34. The number of fused-ring (bicyclic) bond motifs is 5. The first kappa shape index (κ1) is 10.5. The highest BCUT2D eigenvalue weighted by atomic mass is 14.8. The van der Waals surface area contributed by atoms with Gasteiger partial charge >= 0.3 is 0 Å². The van der Waals surface area contributed by atoms with Crippen molar-refractivity contribution in [3.63, 3.8) is 0 Å². The van der Waals surface area contributed by atoms with Crippen molar-refractivity contribution in [3.8, 4) is 0 Å². The second kappa shape index (κ2) is 3.79. The molecule has 1 heteroatoms. The zero-order valence-electron chi connectivity index (χ0n) is 10.8. The van der Waals surface area contributed by atoms with Gasteiger partial charge in [-0.3, -0.25) is 0 Å². The zero-order valence-corrected chi connectivity index (χ0v) is 10.8. The molecule has 0 atom stereocenters. The van der Waals surface area contributed by atoms with Gasteiger partial charge in [0.15, 0.2) is 12.4 Å². The van der Waals surface area contributed by atoms with E-state index in [4.69, 9.17) is 0 Å². The fourth-order valence-corrected chi connectivity index (χ4v) is 2.94. The lowest BCUT2D eigenvalue weighted by atomic mass is 10.0. The van der Waals surface area contributed by atoms with Gasteiger partial charge < -0.3 is 0 Å². The van der Waals surface area contributed by atoms with Gasteiger partial charge in [-0.05, 0) is 29.8 Å². The van der Waals surface area contributed by atoms with Crippen LogP contribution in [0, 0.1) is 6.92 Å². The number of nitrogens with zero attached hydrogens (tertiary/aromatic N) is 1. The van der Waals surface area contributed by atoms with Crippen LogP contribution in [0.4, 0.5) is 0 Å². The highest BCUT2D eigenvalue weighted by Gasteiger charge is 2.13. The van der Waals surface area contributed by atoms with Crippen molar-refractivity contribution in [1.82, 2.24) is 0 Å². The zero-order chi connectivity index (χ0) is 12.8. The highest BCUT2D eigenvalue weighted by Crippen LogP contribution is 2.25. The van der Waals surface area contributed by atoms with E-state index >= 15 is 0 Å².